The first-order valence-corrected chi connectivity index (χ1v) is 6.94. The Labute approximate surface area is 130 Å². The lowest BCUT2D eigenvalue weighted by atomic mass is 10.1. The number of ether oxygens (including phenoxy) is 1. The average Bonchev–Trinajstić information content (AvgIpc) is 2.50. The van der Waals surface area contributed by atoms with Crippen LogP contribution in [0.5, 0.6) is 0 Å². The van der Waals surface area contributed by atoms with Crippen molar-refractivity contribution in [2.75, 3.05) is 12.3 Å². The molecule has 112 valence electrons. The molecule has 0 bridgehead atoms. The molecule has 0 aliphatic heterocycles. The maximum atomic E-state index is 11.5. The van der Waals surface area contributed by atoms with E-state index in [1.54, 1.807) is 6.07 Å². The van der Waals surface area contributed by atoms with Crippen molar-refractivity contribution in [3.05, 3.63) is 65.2 Å². The van der Waals surface area contributed by atoms with Gasteiger partial charge in [-0.25, -0.2) is 4.79 Å². The number of hydrogen-bond acceptors (Lipinski definition) is 3. The van der Waals surface area contributed by atoms with Crippen molar-refractivity contribution < 1.29 is 9.53 Å². The van der Waals surface area contributed by atoms with E-state index in [1.165, 1.54) is 0 Å². The van der Waals surface area contributed by atoms with Gasteiger partial charge in [-0.2, -0.15) is 0 Å². The second-order valence-corrected chi connectivity index (χ2v) is 4.85. The standard InChI is InChI=1S/C18H18N2O2/c1-14-10-16(12-17(19)11-14)8-5-9-20-18(21)22-13-15-6-3-2-4-7-15/h2-4,6-7,10-12H,9,13,19H2,1H3,(H,20,21). The summed E-state index contributed by atoms with van der Waals surface area (Å²) in [4.78, 5) is 11.5. The highest BCUT2D eigenvalue weighted by atomic mass is 16.5. The third kappa shape index (κ3) is 5.22. The van der Waals surface area contributed by atoms with Crippen LogP contribution in [-0.4, -0.2) is 12.6 Å². The molecule has 2 rings (SSSR count). The number of nitrogen functional groups attached to an aromatic ring is 1. The highest BCUT2D eigenvalue weighted by Crippen LogP contribution is 2.09. The van der Waals surface area contributed by atoms with Gasteiger partial charge in [-0.15, -0.1) is 0 Å². The van der Waals surface area contributed by atoms with Gasteiger partial charge in [-0.05, 0) is 36.2 Å². The van der Waals surface area contributed by atoms with Gasteiger partial charge in [0.1, 0.15) is 6.61 Å². The molecule has 22 heavy (non-hydrogen) atoms. The number of aryl methyl sites for hydroxylation is 1. The number of carbonyl (C=O) groups excluding carboxylic acids is 1. The number of hydrogen-bond donors (Lipinski definition) is 2. The van der Waals surface area contributed by atoms with E-state index in [-0.39, 0.29) is 13.2 Å². The summed E-state index contributed by atoms with van der Waals surface area (Å²) in [7, 11) is 0. The summed E-state index contributed by atoms with van der Waals surface area (Å²) in [5.74, 6) is 5.82. The van der Waals surface area contributed by atoms with Crippen molar-refractivity contribution in [2.45, 2.75) is 13.5 Å². The summed E-state index contributed by atoms with van der Waals surface area (Å²) in [5.41, 5.74) is 9.26. The highest BCUT2D eigenvalue weighted by molar-refractivity contribution is 5.67. The predicted molar refractivity (Wildman–Crippen MR) is 87.1 cm³/mol. The van der Waals surface area contributed by atoms with E-state index < -0.39 is 6.09 Å². The normalized spacial score (nSPS) is 9.50. The third-order valence-electron chi connectivity index (χ3n) is 2.87. The molecule has 0 spiro atoms. The maximum absolute atomic E-state index is 11.5. The zero-order valence-electron chi connectivity index (χ0n) is 12.4. The van der Waals surface area contributed by atoms with Crippen LogP contribution in [0.4, 0.5) is 10.5 Å². The molecule has 2 aromatic carbocycles. The van der Waals surface area contributed by atoms with Crippen LogP contribution in [0, 0.1) is 18.8 Å². The number of rotatable bonds is 3. The van der Waals surface area contributed by atoms with E-state index in [2.05, 4.69) is 17.2 Å². The van der Waals surface area contributed by atoms with Crippen LogP contribution in [0.25, 0.3) is 0 Å². The minimum atomic E-state index is -0.484. The summed E-state index contributed by atoms with van der Waals surface area (Å²) in [5, 5.41) is 2.59. The van der Waals surface area contributed by atoms with Gasteiger partial charge in [0.25, 0.3) is 0 Å². The molecule has 4 nitrogen and oxygen atoms in total. The molecule has 0 saturated carbocycles. The van der Waals surface area contributed by atoms with E-state index in [4.69, 9.17) is 10.5 Å². The smallest absolute Gasteiger partial charge is 0.408 e. The number of anilines is 1. The summed E-state index contributed by atoms with van der Waals surface area (Å²) >= 11 is 0. The minimum absolute atomic E-state index is 0.224. The molecule has 4 heteroatoms. The van der Waals surface area contributed by atoms with Gasteiger partial charge >= 0.3 is 6.09 Å². The Hall–Kier alpha value is -2.93. The first kappa shape index (κ1) is 15.5. The fourth-order valence-corrected chi connectivity index (χ4v) is 1.92. The molecule has 0 saturated heterocycles. The van der Waals surface area contributed by atoms with E-state index in [1.807, 2.05) is 49.4 Å². The molecule has 2 aromatic rings. The first-order chi connectivity index (χ1) is 10.6. The molecular weight excluding hydrogens is 276 g/mol. The van der Waals surface area contributed by atoms with Gasteiger partial charge < -0.3 is 15.8 Å². The topological polar surface area (TPSA) is 64.3 Å². The van der Waals surface area contributed by atoms with Crippen LogP contribution in [0.3, 0.4) is 0 Å². The number of nitrogens with two attached hydrogens (primary N) is 1. The summed E-state index contributed by atoms with van der Waals surface area (Å²) in [6.07, 6.45) is -0.484. The lowest BCUT2D eigenvalue weighted by Gasteiger charge is -2.04. The molecule has 0 radical (unpaired) electrons. The SMILES string of the molecule is Cc1cc(N)cc(C#CCNC(=O)OCc2ccccc2)c1. The van der Waals surface area contributed by atoms with Gasteiger partial charge in [-0.1, -0.05) is 42.2 Å². The zero-order valence-corrected chi connectivity index (χ0v) is 12.4. The first-order valence-electron chi connectivity index (χ1n) is 6.94. The maximum Gasteiger partial charge on any atom is 0.408 e. The Morgan fingerprint density at radius 1 is 1.23 bits per heavy atom. The monoisotopic (exact) mass is 294 g/mol. The molecule has 0 fully saturated rings. The van der Waals surface area contributed by atoms with Crippen LogP contribution < -0.4 is 11.1 Å². The Morgan fingerprint density at radius 3 is 2.73 bits per heavy atom. The number of alkyl carbamates (subject to hydrolysis) is 1. The minimum Gasteiger partial charge on any atom is -0.445 e. The van der Waals surface area contributed by atoms with Crippen molar-refractivity contribution in [1.29, 1.82) is 0 Å². The largest absolute Gasteiger partial charge is 0.445 e. The van der Waals surface area contributed by atoms with Crippen LogP contribution >= 0.6 is 0 Å². The summed E-state index contributed by atoms with van der Waals surface area (Å²) < 4.78 is 5.08. The van der Waals surface area contributed by atoms with Crippen LogP contribution in [-0.2, 0) is 11.3 Å². The van der Waals surface area contributed by atoms with Crippen LogP contribution in [0.1, 0.15) is 16.7 Å². The molecule has 3 N–H and O–H groups in total. The zero-order chi connectivity index (χ0) is 15.8. The Balaban J connectivity index is 1.76. The molecule has 0 unspecified atom stereocenters. The highest BCUT2D eigenvalue weighted by Gasteiger charge is 2.00. The molecule has 1 amide bonds. The van der Waals surface area contributed by atoms with Crippen molar-refractivity contribution in [1.82, 2.24) is 5.32 Å². The Bertz CT molecular complexity index is 680. The molecule has 0 atom stereocenters. The number of nitrogens with one attached hydrogen (secondary N) is 1. The van der Waals surface area contributed by atoms with E-state index in [0.717, 1.165) is 16.7 Å². The second kappa shape index (κ2) is 7.75. The Morgan fingerprint density at radius 2 is 2.00 bits per heavy atom. The van der Waals surface area contributed by atoms with Crippen LogP contribution in [0.2, 0.25) is 0 Å². The predicted octanol–water partition coefficient (Wildman–Crippen LogP) is 2.86. The number of carbonyl (C=O) groups is 1. The lowest BCUT2D eigenvalue weighted by Crippen LogP contribution is -2.24. The van der Waals surface area contributed by atoms with Gasteiger partial charge in [0.05, 0.1) is 6.54 Å². The second-order valence-electron chi connectivity index (χ2n) is 4.85. The van der Waals surface area contributed by atoms with Gasteiger partial charge in [0.15, 0.2) is 0 Å². The van der Waals surface area contributed by atoms with Crippen molar-refractivity contribution in [2.24, 2.45) is 0 Å². The molecule has 0 heterocycles. The average molecular weight is 294 g/mol. The summed E-state index contributed by atoms with van der Waals surface area (Å²) in [6.45, 7) is 2.43. The quantitative estimate of drug-likeness (QED) is 0.676. The molecule has 0 aliphatic rings. The van der Waals surface area contributed by atoms with E-state index >= 15 is 0 Å². The van der Waals surface area contributed by atoms with E-state index in [9.17, 15) is 4.79 Å². The molecule has 0 aliphatic carbocycles. The van der Waals surface area contributed by atoms with Gasteiger partial charge in [0.2, 0.25) is 0 Å². The molecule has 0 aromatic heterocycles. The van der Waals surface area contributed by atoms with Gasteiger partial charge in [-0.3, -0.25) is 0 Å². The number of amides is 1. The Kier molecular flexibility index (Phi) is 5.44. The van der Waals surface area contributed by atoms with Crippen molar-refractivity contribution >= 4 is 11.8 Å². The van der Waals surface area contributed by atoms with Gasteiger partial charge in [0, 0.05) is 11.3 Å². The number of benzene rings is 2. The van der Waals surface area contributed by atoms with E-state index in [0.29, 0.717) is 5.69 Å². The van der Waals surface area contributed by atoms with Crippen molar-refractivity contribution in [3.63, 3.8) is 0 Å². The third-order valence-corrected chi connectivity index (χ3v) is 2.87. The molecular formula is C18H18N2O2. The summed E-state index contributed by atoms with van der Waals surface area (Å²) in [6, 6.07) is 15.1. The lowest BCUT2D eigenvalue weighted by molar-refractivity contribution is 0.141. The fraction of sp³-hybridized carbons (Fsp3) is 0.167. The fourth-order valence-electron chi connectivity index (χ4n) is 1.92. The van der Waals surface area contributed by atoms with Crippen molar-refractivity contribution in [3.8, 4) is 11.8 Å². The van der Waals surface area contributed by atoms with Crippen LogP contribution in [0.15, 0.2) is 48.5 Å².